The molecule has 0 aliphatic rings. The highest BCUT2D eigenvalue weighted by atomic mass is 35.5. The maximum Gasteiger partial charge on any atom is 0.248 e. The quantitative estimate of drug-likeness (QED) is 0.241. The first-order valence-electron chi connectivity index (χ1n) is 10.5. The van der Waals surface area contributed by atoms with Crippen LogP contribution in [0.1, 0.15) is 11.3 Å². The Bertz CT molecular complexity index is 1590. The first kappa shape index (κ1) is 23.2. The van der Waals surface area contributed by atoms with Gasteiger partial charge in [-0.1, -0.05) is 34.8 Å². The molecular weight excluding hydrogens is 507 g/mol. The van der Waals surface area contributed by atoms with E-state index in [0.717, 1.165) is 22.3 Å². The van der Waals surface area contributed by atoms with Crippen molar-refractivity contribution in [1.29, 1.82) is 0 Å². The van der Waals surface area contributed by atoms with Gasteiger partial charge in [-0.15, -0.1) is 10.2 Å². The topological polar surface area (TPSA) is 73.0 Å². The van der Waals surface area contributed by atoms with Crippen LogP contribution in [0.25, 0.3) is 34.1 Å². The fraction of sp³-hybridized carbons (Fsp3) is 0.0385. The van der Waals surface area contributed by atoms with Crippen LogP contribution in [-0.4, -0.2) is 20.9 Å². The number of benzene rings is 3. The molecule has 2 aromatic heterocycles. The number of rotatable bonds is 5. The lowest BCUT2D eigenvalue weighted by atomic mass is 10.1. The number of furan rings is 1. The van der Waals surface area contributed by atoms with Crippen molar-refractivity contribution in [3.8, 4) is 17.0 Å². The van der Waals surface area contributed by atoms with Crippen molar-refractivity contribution in [2.45, 2.75) is 6.92 Å². The van der Waals surface area contributed by atoms with E-state index in [1.54, 1.807) is 54.6 Å². The highest BCUT2D eigenvalue weighted by molar-refractivity contribution is 6.36. The first-order valence-corrected chi connectivity index (χ1v) is 11.7. The van der Waals surface area contributed by atoms with Crippen LogP contribution < -0.4 is 5.32 Å². The van der Waals surface area contributed by atoms with Crippen molar-refractivity contribution in [2.75, 3.05) is 5.32 Å². The lowest BCUT2D eigenvalue weighted by molar-refractivity contribution is -0.111. The molecule has 0 radical (unpaired) electrons. The Morgan fingerprint density at radius 3 is 2.37 bits per heavy atom. The Morgan fingerprint density at radius 1 is 0.914 bits per heavy atom. The van der Waals surface area contributed by atoms with Gasteiger partial charge in [-0.25, -0.2) is 0 Å². The molecule has 0 aliphatic carbocycles. The van der Waals surface area contributed by atoms with E-state index < -0.39 is 0 Å². The van der Waals surface area contributed by atoms with Gasteiger partial charge in [-0.2, -0.15) is 4.80 Å². The third-order valence-electron chi connectivity index (χ3n) is 5.26. The SMILES string of the molecule is Cc1cc2nn(-c3ccc(Cl)cc3)nc2cc1NC(=O)/C=C/c1ccc(-c2ccc(Cl)cc2Cl)o1. The zero-order valence-electron chi connectivity index (χ0n) is 18.3. The third kappa shape index (κ3) is 5.10. The minimum absolute atomic E-state index is 0.306. The number of nitrogens with zero attached hydrogens (tertiary/aromatic N) is 3. The fourth-order valence-electron chi connectivity index (χ4n) is 3.50. The number of hydrogen-bond donors (Lipinski definition) is 1. The van der Waals surface area contributed by atoms with Crippen LogP contribution in [0.2, 0.25) is 15.1 Å². The minimum atomic E-state index is -0.306. The monoisotopic (exact) mass is 522 g/mol. The Hall–Kier alpha value is -3.58. The largest absolute Gasteiger partial charge is 0.457 e. The highest BCUT2D eigenvalue weighted by Crippen LogP contribution is 2.32. The number of carbonyl (C=O) groups excluding carboxylic acids is 1. The molecule has 0 saturated carbocycles. The number of aryl methyl sites for hydroxylation is 1. The van der Waals surface area contributed by atoms with Gasteiger partial charge in [-0.3, -0.25) is 4.79 Å². The fourth-order valence-corrected chi connectivity index (χ4v) is 4.13. The Balaban J connectivity index is 1.32. The zero-order chi connectivity index (χ0) is 24.5. The summed E-state index contributed by atoms with van der Waals surface area (Å²) in [6.45, 7) is 1.90. The van der Waals surface area contributed by atoms with Gasteiger partial charge in [0.2, 0.25) is 5.91 Å². The maximum atomic E-state index is 12.6. The van der Waals surface area contributed by atoms with Crippen molar-refractivity contribution in [2.24, 2.45) is 0 Å². The zero-order valence-corrected chi connectivity index (χ0v) is 20.6. The number of hydrogen-bond acceptors (Lipinski definition) is 4. The average molecular weight is 524 g/mol. The number of carbonyl (C=O) groups is 1. The average Bonchev–Trinajstić information content (AvgIpc) is 3.45. The Kier molecular flexibility index (Phi) is 6.34. The van der Waals surface area contributed by atoms with Crippen molar-refractivity contribution in [3.63, 3.8) is 0 Å². The number of halogens is 3. The predicted molar refractivity (Wildman–Crippen MR) is 140 cm³/mol. The second-order valence-electron chi connectivity index (χ2n) is 7.77. The van der Waals surface area contributed by atoms with E-state index >= 15 is 0 Å². The Morgan fingerprint density at radius 2 is 1.63 bits per heavy atom. The molecule has 0 atom stereocenters. The van der Waals surface area contributed by atoms with Crippen molar-refractivity contribution >= 4 is 63.5 Å². The van der Waals surface area contributed by atoms with E-state index in [9.17, 15) is 4.79 Å². The smallest absolute Gasteiger partial charge is 0.248 e. The summed E-state index contributed by atoms with van der Waals surface area (Å²) < 4.78 is 5.80. The summed E-state index contributed by atoms with van der Waals surface area (Å²) >= 11 is 18.2. The van der Waals surface area contributed by atoms with Gasteiger partial charge >= 0.3 is 0 Å². The third-order valence-corrected chi connectivity index (χ3v) is 6.06. The lowest BCUT2D eigenvalue weighted by Crippen LogP contribution is -2.08. The van der Waals surface area contributed by atoms with Crippen LogP contribution in [0.5, 0.6) is 0 Å². The number of fused-ring (bicyclic) bond motifs is 1. The van der Waals surface area contributed by atoms with Crippen LogP contribution in [0, 0.1) is 6.92 Å². The molecule has 3 aromatic carbocycles. The first-order chi connectivity index (χ1) is 16.9. The van der Waals surface area contributed by atoms with Gasteiger partial charge < -0.3 is 9.73 Å². The van der Waals surface area contributed by atoms with Gasteiger partial charge in [0.05, 0.1) is 10.7 Å². The van der Waals surface area contributed by atoms with E-state index in [0.29, 0.717) is 37.8 Å². The molecule has 0 aliphatic heterocycles. The molecule has 1 amide bonds. The summed E-state index contributed by atoms with van der Waals surface area (Å²) in [4.78, 5) is 14.1. The minimum Gasteiger partial charge on any atom is -0.457 e. The number of nitrogens with one attached hydrogen (secondary N) is 1. The second kappa shape index (κ2) is 9.58. The van der Waals surface area contributed by atoms with Gasteiger partial charge in [0.25, 0.3) is 0 Å². The van der Waals surface area contributed by atoms with E-state index in [4.69, 9.17) is 39.2 Å². The molecular formula is C26H17Cl3N4O2. The Labute approximate surface area is 215 Å². The van der Waals surface area contributed by atoms with Crippen LogP contribution in [0.3, 0.4) is 0 Å². The summed E-state index contributed by atoms with van der Waals surface area (Å²) in [5, 5.41) is 13.6. The van der Waals surface area contributed by atoms with Gasteiger partial charge in [0.15, 0.2) is 0 Å². The standard InChI is InChI=1S/C26H17Cl3N4O2/c1-15-12-23-24(32-33(31-23)18-5-2-16(27)3-6-18)14-22(15)30-26(34)11-8-19-7-10-25(35-19)20-9-4-17(28)13-21(20)29/h2-14H,1H3,(H,30,34)/b11-8+. The van der Waals surface area contributed by atoms with Crippen LogP contribution in [0.4, 0.5) is 5.69 Å². The van der Waals surface area contributed by atoms with Crippen molar-refractivity contribution in [1.82, 2.24) is 15.0 Å². The molecule has 0 saturated heterocycles. The molecule has 0 fully saturated rings. The molecule has 5 aromatic rings. The molecule has 0 spiro atoms. The predicted octanol–water partition coefficient (Wildman–Crippen LogP) is 7.60. The molecule has 0 unspecified atom stereocenters. The van der Waals surface area contributed by atoms with E-state index in [1.807, 2.05) is 25.1 Å². The molecule has 9 heteroatoms. The number of aromatic nitrogens is 3. The summed E-state index contributed by atoms with van der Waals surface area (Å²) in [6.07, 6.45) is 2.99. The van der Waals surface area contributed by atoms with Gasteiger partial charge in [0.1, 0.15) is 22.6 Å². The van der Waals surface area contributed by atoms with Crippen LogP contribution in [0.15, 0.2) is 77.2 Å². The number of anilines is 1. The maximum absolute atomic E-state index is 12.6. The summed E-state index contributed by atoms with van der Waals surface area (Å²) in [5.74, 6) is 0.788. The van der Waals surface area contributed by atoms with Gasteiger partial charge in [0, 0.05) is 27.4 Å². The van der Waals surface area contributed by atoms with Gasteiger partial charge in [-0.05, 0) is 85.3 Å². The molecule has 5 rings (SSSR count). The molecule has 1 N–H and O–H groups in total. The molecule has 174 valence electrons. The van der Waals surface area contributed by atoms with Crippen molar-refractivity contribution < 1.29 is 9.21 Å². The highest BCUT2D eigenvalue weighted by Gasteiger charge is 2.11. The molecule has 0 bridgehead atoms. The van der Waals surface area contributed by atoms with E-state index in [2.05, 4.69) is 15.5 Å². The van der Waals surface area contributed by atoms with Crippen LogP contribution >= 0.6 is 34.8 Å². The van der Waals surface area contributed by atoms with Crippen molar-refractivity contribution in [3.05, 3.63) is 99.2 Å². The van der Waals surface area contributed by atoms with E-state index in [1.165, 1.54) is 10.9 Å². The molecule has 35 heavy (non-hydrogen) atoms. The van der Waals surface area contributed by atoms with Crippen LogP contribution in [-0.2, 0) is 4.79 Å². The summed E-state index contributed by atoms with van der Waals surface area (Å²) in [5.41, 5.74) is 4.38. The lowest BCUT2D eigenvalue weighted by Gasteiger charge is -2.05. The molecule has 2 heterocycles. The summed E-state index contributed by atoms with van der Waals surface area (Å²) in [6, 6.07) is 19.6. The summed E-state index contributed by atoms with van der Waals surface area (Å²) in [7, 11) is 0. The number of amides is 1. The molecule has 6 nitrogen and oxygen atoms in total. The normalized spacial score (nSPS) is 11.4. The van der Waals surface area contributed by atoms with E-state index in [-0.39, 0.29) is 5.91 Å². The second-order valence-corrected chi connectivity index (χ2v) is 9.05.